The van der Waals surface area contributed by atoms with E-state index in [2.05, 4.69) is 15.1 Å². The standard InChI is InChI=1S/C21H20ClN5O/c22-15-9-10-17-18(13-15)26(16-7-3-1-4-8-16)21(28)27-19(23-24-20(17)27)14-25-11-5-2-6-12-25/h1,3-4,7-10,13H,2,5-6,11-12,14H2. The van der Waals surface area contributed by atoms with E-state index in [4.69, 9.17) is 11.6 Å². The minimum absolute atomic E-state index is 0.173. The molecule has 1 aliphatic rings. The summed E-state index contributed by atoms with van der Waals surface area (Å²) in [5.74, 6) is 0.684. The first kappa shape index (κ1) is 17.4. The monoisotopic (exact) mass is 393 g/mol. The number of aromatic nitrogens is 4. The van der Waals surface area contributed by atoms with Crippen molar-refractivity contribution in [2.24, 2.45) is 0 Å². The van der Waals surface area contributed by atoms with E-state index in [1.807, 2.05) is 48.5 Å². The number of fused-ring (bicyclic) bond motifs is 3. The number of hydrogen-bond acceptors (Lipinski definition) is 4. The van der Waals surface area contributed by atoms with Gasteiger partial charge in [0.25, 0.3) is 0 Å². The molecule has 6 nitrogen and oxygen atoms in total. The molecule has 0 unspecified atom stereocenters. The molecule has 0 saturated carbocycles. The van der Waals surface area contributed by atoms with Gasteiger partial charge in [-0.15, -0.1) is 10.2 Å². The Labute approximate surface area is 167 Å². The normalized spacial score (nSPS) is 15.5. The van der Waals surface area contributed by atoms with Crippen molar-refractivity contribution >= 4 is 28.2 Å². The van der Waals surface area contributed by atoms with Crippen LogP contribution in [0.15, 0.2) is 53.3 Å². The van der Waals surface area contributed by atoms with E-state index < -0.39 is 0 Å². The Morgan fingerprint density at radius 1 is 0.964 bits per heavy atom. The summed E-state index contributed by atoms with van der Waals surface area (Å²) in [7, 11) is 0. The van der Waals surface area contributed by atoms with Crippen molar-refractivity contribution in [3.63, 3.8) is 0 Å². The second kappa shape index (κ2) is 7.04. The molecule has 5 rings (SSSR count). The van der Waals surface area contributed by atoms with Crippen LogP contribution in [0.1, 0.15) is 25.1 Å². The van der Waals surface area contributed by atoms with Crippen LogP contribution in [0.2, 0.25) is 5.02 Å². The van der Waals surface area contributed by atoms with Crippen molar-refractivity contribution < 1.29 is 0 Å². The summed E-state index contributed by atoms with van der Waals surface area (Å²) in [6, 6.07) is 15.2. The van der Waals surface area contributed by atoms with Crippen LogP contribution >= 0.6 is 11.6 Å². The molecule has 7 heteroatoms. The molecule has 0 atom stereocenters. The van der Waals surface area contributed by atoms with E-state index in [1.54, 1.807) is 8.97 Å². The lowest BCUT2D eigenvalue weighted by Gasteiger charge is -2.25. The Balaban J connectivity index is 1.78. The zero-order valence-electron chi connectivity index (χ0n) is 15.4. The van der Waals surface area contributed by atoms with Crippen LogP contribution in [0.3, 0.4) is 0 Å². The van der Waals surface area contributed by atoms with Crippen molar-refractivity contribution in [1.82, 2.24) is 24.1 Å². The highest BCUT2D eigenvalue weighted by Crippen LogP contribution is 2.24. The summed E-state index contributed by atoms with van der Waals surface area (Å²) in [6.07, 6.45) is 3.64. The largest absolute Gasteiger partial charge is 0.340 e. The number of para-hydroxylation sites is 1. The summed E-state index contributed by atoms with van der Waals surface area (Å²) >= 11 is 6.25. The van der Waals surface area contributed by atoms with Crippen molar-refractivity contribution in [1.29, 1.82) is 0 Å². The lowest BCUT2D eigenvalue weighted by atomic mass is 10.1. The molecule has 3 heterocycles. The van der Waals surface area contributed by atoms with Gasteiger partial charge >= 0.3 is 5.69 Å². The van der Waals surface area contributed by atoms with Gasteiger partial charge in [-0.1, -0.05) is 36.2 Å². The number of hydrogen-bond donors (Lipinski definition) is 0. The van der Waals surface area contributed by atoms with Crippen LogP contribution in [-0.2, 0) is 6.54 Å². The second-order valence-electron chi connectivity index (χ2n) is 7.23. The van der Waals surface area contributed by atoms with Gasteiger partial charge in [-0.25, -0.2) is 9.20 Å². The average Bonchev–Trinajstić information content (AvgIpc) is 3.14. The Morgan fingerprint density at radius 2 is 1.75 bits per heavy atom. The molecule has 28 heavy (non-hydrogen) atoms. The number of nitrogens with zero attached hydrogens (tertiary/aromatic N) is 5. The first-order valence-electron chi connectivity index (χ1n) is 9.58. The molecule has 4 aromatic rings. The number of halogens is 1. The highest BCUT2D eigenvalue weighted by Gasteiger charge is 2.20. The predicted molar refractivity (Wildman–Crippen MR) is 110 cm³/mol. The van der Waals surface area contributed by atoms with E-state index in [1.165, 1.54) is 19.3 Å². The minimum atomic E-state index is -0.173. The van der Waals surface area contributed by atoms with Gasteiger partial charge in [0, 0.05) is 10.4 Å². The van der Waals surface area contributed by atoms with Gasteiger partial charge in [0.2, 0.25) is 0 Å². The van der Waals surface area contributed by atoms with Gasteiger partial charge in [0.1, 0.15) is 0 Å². The molecule has 2 aromatic heterocycles. The molecule has 0 aliphatic carbocycles. The third-order valence-corrected chi connectivity index (χ3v) is 5.62. The molecule has 2 aromatic carbocycles. The fourth-order valence-corrected chi connectivity index (χ4v) is 4.19. The topological polar surface area (TPSA) is 55.4 Å². The van der Waals surface area contributed by atoms with Gasteiger partial charge in [-0.3, -0.25) is 9.47 Å². The van der Waals surface area contributed by atoms with Gasteiger partial charge in [-0.2, -0.15) is 0 Å². The first-order valence-corrected chi connectivity index (χ1v) is 9.96. The van der Waals surface area contributed by atoms with Gasteiger partial charge in [-0.05, 0) is 56.3 Å². The van der Waals surface area contributed by atoms with Crippen LogP contribution in [0.5, 0.6) is 0 Å². The van der Waals surface area contributed by atoms with Crippen LogP contribution in [-0.4, -0.2) is 37.2 Å². The molecular weight excluding hydrogens is 374 g/mol. The molecule has 0 N–H and O–H groups in total. The summed E-state index contributed by atoms with van der Waals surface area (Å²) in [6.45, 7) is 2.69. The quantitative estimate of drug-likeness (QED) is 0.533. The van der Waals surface area contributed by atoms with Gasteiger partial charge in [0.05, 0.1) is 17.7 Å². The minimum Gasteiger partial charge on any atom is -0.296 e. The van der Waals surface area contributed by atoms with E-state index in [0.717, 1.165) is 29.7 Å². The summed E-state index contributed by atoms with van der Waals surface area (Å²) in [5.41, 5.74) is 1.93. The Hall–Kier alpha value is -2.70. The summed E-state index contributed by atoms with van der Waals surface area (Å²) < 4.78 is 3.34. The van der Waals surface area contributed by atoms with Crippen molar-refractivity contribution in [3.8, 4) is 5.69 Å². The van der Waals surface area contributed by atoms with E-state index in [0.29, 0.717) is 23.0 Å². The lowest BCUT2D eigenvalue weighted by Crippen LogP contribution is -2.32. The van der Waals surface area contributed by atoms with Gasteiger partial charge < -0.3 is 0 Å². The van der Waals surface area contributed by atoms with Gasteiger partial charge in [0.15, 0.2) is 11.5 Å². The first-order chi connectivity index (χ1) is 13.7. The summed E-state index contributed by atoms with van der Waals surface area (Å²) in [5, 5.41) is 10.2. The number of benzene rings is 2. The molecule has 0 bridgehead atoms. The lowest BCUT2D eigenvalue weighted by molar-refractivity contribution is 0.215. The maximum atomic E-state index is 13.6. The fourth-order valence-electron chi connectivity index (χ4n) is 4.02. The van der Waals surface area contributed by atoms with Crippen molar-refractivity contribution in [3.05, 3.63) is 69.9 Å². The van der Waals surface area contributed by atoms with Crippen molar-refractivity contribution in [2.75, 3.05) is 13.1 Å². The number of rotatable bonds is 3. The average molecular weight is 394 g/mol. The highest BCUT2D eigenvalue weighted by atomic mass is 35.5. The molecule has 142 valence electrons. The van der Waals surface area contributed by atoms with Crippen LogP contribution in [0, 0.1) is 0 Å². The zero-order valence-corrected chi connectivity index (χ0v) is 16.1. The molecule has 1 aliphatic heterocycles. The Bertz CT molecular complexity index is 1210. The predicted octanol–water partition coefficient (Wildman–Crippen LogP) is 3.67. The third kappa shape index (κ3) is 2.89. The van der Waals surface area contributed by atoms with E-state index in [9.17, 15) is 4.79 Å². The van der Waals surface area contributed by atoms with Crippen molar-refractivity contribution in [2.45, 2.75) is 25.8 Å². The Morgan fingerprint density at radius 3 is 2.54 bits per heavy atom. The molecule has 0 radical (unpaired) electrons. The maximum Gasteiger partial charge on any atom is 0.340 e. The second-order valence-corrected chi connectivity index (χ2v) is 7.66. The molecule has 1 saturated heterocycles. The SMILES string of the molecule is O=c1n(-c2ccccc2)c2cc(Cl)ccc2c2nnc(CN3CCCCC3)n12. The van der Waals surface area contributed by atoms with Crippen LogP contribution < -0.4 is 5.69 Å². The van der Waals surface area contributed by atoms with Crippen LogP contribution in [0.4, 0.5) is 0 Å². The number of piperidine rings is 1. The molecule has 1 fully saturated rings. The summed E-state index contributed by atoms with van der Waals surface area (Å²) in [4.78, 5) is 15.9. The number of likely N-dealkylation sites (tertiary alicyclic amines) is 1. The third-order valence-electron chi connectivity index (χ3n) is 5.38. The maximum absolute atomic E-state index is 13.6. The van der Waals surface area contributed by atoms with E-state index in [-0.39, 0.29) is 5.69 Å². The van der Waals surface area contributed by atoms with Crippen LogP contribution in [0.25, 0.3) is 22.2 Å². The molecule has 0 amide bonds. The Kier molecular flexibility index (Phi) is 4.37. The fraction of sp³-hybridized carbons (Fsp3) is 0.286. The van der Waals surface area contributed by atoms with E-state index >= 15 is 0 Å². The molecule has 0 spiro atoms. The smallest absolute Gasteiger partial charge is 0.296 e. The zero-order chi connectivity index (χ0) is 19.1. The highest BCUT2D eigenvalue weighted by molar-refractivity contribution is 6.31. The molecular formula is C21H20ClN5O.